The van der Waals surface area contributed by atoms with Crippen molar-refractivity contribution in [3.05, 3.63) is 82.4 Å². The fraction of sp³-hybridized carbons (Fsp3) is 0.143. The van der Waals surface area contributed by atoms with Gasteiger partial charge in [-0.25, -0.2) is 4.68 Å². The van der Waals surface area contributed by atoms with Gasteiger partial charge in [0.15, 0.2) is 0 Å². The zero-order valence-electron chi connectivity index (χ0n) is 15.4. The molecule has 0 unspecified atom stereocenters. The summed E-state index contributed by atoms with van der Waals surface area (Å²) in [6, 6.07) is 19.0. The van der Waals surface area contributed by atoms with Crippen LogP contribution in [0.3, 0.4) is 0 Å². The number of anilines is 1. The first-order valence-corrected chi connectivity index (χ1v) is 8.69. The number of benzene rings is 2. The van der Waals surface area contributed by atoms with Crippen LogP contribution in [0.1, 0.15) is 16.2 Å². The van der Waals surface area contributed by atoms with Crippen molar-refractivity contribution in [1.82, 2.24) is 13.9 Å². The zero-order valence-corrected chi connectivity index (χ0v) is 15.4. The molecule has 136 valence electrons. The predicted octanol–water partition coefficient (Wildman–Crippen LogP) is 3.23. The Labute approximate surface area is 156 Å². The van der Waals surface area contributed by atoms with E-state index in [2.05, 4.69) is 5.32 Å². The van der Waals surface area contributed by atoms with Crippen molar-refractivity contribution >= 4 is 22.5 Å². The van der Waals surface area contributed by atoms with Crippen LogP contribution in [0.25, 0.3) is 16.6 Å². The highest BCUT2D eigenvalue weighted by molar-refractivity contribution is 6.06. The molecular formula is C21H20N4O2. The van der Waals surface area contributed by atoms with Crippen molar-refractivity contribution in [2.75, 3.05) is 5.32 Å². The van der Waals surface area contributed by atoms with Gasteiger partial charge in [-0.05, 0) is 31.2 Å². The normalized spacial score (nSPS) is 11.1. The Balaban J connectivity index is 1.76. The fourth-order valence-corrected chi connectivity index (χ4v) is 3.40. The van der Waals surface area contributed by atoms with Gasteiger partial charge in [-0.1, -0.05) is 36.4 Å². The first-order chi connectivity index (χ1) is 13.0. The van der Waals surface area contributed by atoms with Gasteiger partial charge in [-0.2, -0.15) is 0 Å². The molecule has 4 rings (SSSR count). The molecule has 2 heterocycles. The van der Waals surface area contributed by atoms with E-state index in [1.807, 2.05) is 79.2 Å². The number of hydrogen-bond donors (Lipinski definition) is 1. The molecule has 4 aromatic rings. The predicted molar refractivity (Wildman–Crippen MR) is 107 cm³/mol. The smallest absolute Gasteiger partial charge is 0.295 e. The van der Waals surface area contributed by atoms with Crippen LogP contribution in [0.2, 0.25) is 0 Å². The molecule has 0 aliphatic rings. The average Bonchev–Trinajstić information content (AvgIpc) is 3.12. The lowest BCUT2D eigenvalue weighted by Gasteiger charge is -2.07. The average molecular weight is 360 g/mol. The summed E-state index contributed by atoms with van der Waals surface area (Å²) in [5.41, 5.74) is 2.94. The Morgan fingerprint density at radius 2 is 1.63 bits per heavy atom. The number of hydrogen-bond acceptors (Lipinski definition) is 2. The first-order valence-electron chi connectivity index (χ1n) is 8.69. The summed E-state index contributed by atoms with van der Waals surface area (Å²) in [6.07, 6.45) is 0. The van der Waals surface area contributed by atoms with Crippen molar-refractivity contribution < 1.29 is 4.79 Å². The van der Waals surface area contributed by atoms with Crippen LogP contribution in [0.15, 0.2) is 65.5 Å². The Bertz CT molecular complexity index is 1210. The number of aromatic nitrogens is 3. The summed E-state index contributed by atoms with van der Waals surface area (Å²) < 4.78 is 5.12. The van der Waals surface area contributed by atoms with E-state index in [1.165, 1.54) is 0 Å². The third-order valence-corrected chi connectivity index (χ3v) is 4.98. The lowest BCUT2D eigenvalue weighted by atomic mass is 10.2. The summed E-state index contributed by atoms with van der Waals surface area (Å²) in [5.74, 6) is -0.306. The van der Waals surface area contributed by atoms with Gasteiger partial charge in [-0.3, -0.25) is 14.3 Å². The van der Waals surface area contributed by atoms with Crippen LogP contribution in [0, 0.1) is 6.92 Å². The maximum atomic E-state index is 13.0. The minimum atomic E-state index is -0.306. The molecular weight excluding hydrogens is 340 g/mol. The topological polar surface area (TPSA) is 61.0 Å². The Kier molecular flexibility index (Phi) is 3.96. The lowest BCUT2D eigenvalue weighted by Crippen LogP contribution is -2.23. The molecule has 0 spiro atoms. The second-order valence-electron chi connectivity index (χ2n) is 6.54. The van der Waals surface area contributed by atoms with Crippen LogP contribution in [0.4, 0.5) is 5.69 Å². The van der Waals surface area contributed by atoms with E-state index < -0.39 is 0 Å². The number of nitrogens with one attached hydrogen (secondary N) is 1. The Morgan fingerprint density at radius 3 is 2.33 bits per heavy atom. The van der Waals surface area contributed by atoms with Gasteiger partial charge >= 0.3 is 0 Å². The van der Waals surface area contributed by atoms with E-state index in [0.717, 1.165) is 16.6 Å². The zero-order chi connectivity index (χ0) is 19.1. The van der Waals surface area contributed by atoms with Gasteiger partial charge in [0.1, 0.15) is 11.4 Å². The van der Waals surface area contributed by atoms with Gasteiger partial charge in [-0.15, -0.1) is 0 Å². The van der Waals surface area contributed by atoms with Crippen molar-refractivity contribution in [3.63, 3.8) is 0 Å². The third kappa shape index (κ3) is 2.66. The van der Waals surface area contributed by atoms with Crippen LogP contribution in [0.5, 0.6) is 0 Å². The fourth-order valence-electron chi connectivity index (χ4n) is 3.40. The Morgan fingerprint density at radius 1 is 0.963 bits per heavy atom. The van der Waals surface area contributed by atoms with Crippen molar-refractivity contribution in [2.45, 2.75) is 6.92 Å². The molecule has 6 heteroatoms. The molecule has 2 aromatic heterocycles. The van der Waals surface area contributed by atoms with Crippen molar-refractivity contribution in [3.8, 4) is 5.69 Å². The molecule has 0 bridgehead atoms. The van der Waals surface area contributed by atoms with E-state index in [-0.39, 0.29) is 17.2 Å². The van der Waals surface area contributed by atoms with Gasteiger partial charge in [0.2, 0.25) is 0 Å². The number of carbonyl (C=O) groups excluding carboxylic acids is 1. The standard InChI is InChI=1S/C21H20N4O2/c1-14-19(21(27)25(24(14)3)16-10-5-4-6-11-16)22-20(26)18-13-15-9-7-8-12-17(15)23(18)2/h4-13H,1-3H3,(H,22,26). The number of amides is 1. The van der Waals surface area contributed by atoms with E-state index in [4.69, 9.17) is 0 Å². The molecule has 1 N–H and O–H groups in total. The van der Waals surface area contributed by atoms with Crippen LogP contribution < -0.4 is 10.9 Å². The van der Waals surface area contributed by atoms with Crippen LogP contribution in [-0.2, 0) is 14.1 Å². The van der Waals surface area contributed by atoms with Gasteiger partial charge in [0, 0.05) is 25.0 Å². The minimum absolute atomic E-state index is 0.256. The highest BCUT2D eigenvalue weighted by Gasteiger charge is 2.20. The number of aryl methyl sites for hydroxylation is 1. The number of fused-ring (bicyclic) bond motifs is 1. The lowest BCUT2D eigenvalue weighted by molar-refractivity contribution is 0.101. The van der Waals surface area contributed by atoms with Crippen LogP contribution in [-0.4, -0.2) is 19.8 Å². The summed E-state index contributed by atoms with van der Waals surface area (Å²) in [6.45, 7) is 1.82. The highest BCUT2D eigenvalue weighted by atomic mass is 16.2. The highest BCUT2D eigenvalue weighted by Crippen LogP contribution is 2.20. The maximum Gasteiger partial charge on any atom is 0.295 e. The monoisotopic (exact) mass is 360 g/mol. The summed E-state index contributed by atoms with van der Waals surface area (Å²) in [7, 11) is 3.65. The number of para-hydroxylation sites is 2. The van der Waals surface area contributed by atoms with E-state index >= 15 is 0 Å². The summed E-state index contributed by atoms with van der Waals surface area (Å²) in [5, 5.41) is 3.80. The Hall–Kier alpha value is -3.54. The van der Waals surface area contributed by atoms with Crippen molar-refractivity contribution in [1.29, 1.82) is 0 Å². The molecule has 0 aliphatic heterocycles. The molecule has 0 radical (unpaired) electrons. The summed E-state index contributed by atoms with van der Waals surface area (Å²) >= 11 is 0. The van der Waals surface area contributed by atoms with Gasteiger partial charge in [0.25, 0.3) is 11.5 Å². The first kappa shape index (κ1) is 16.9. The minimum Gasteiger partial charge on any atom is -0.340 e. The van der Waals surface area contributed by atoms with E-state index in [1.54, 1.807) is 16.4 Å². The SMILES string of the molecule is Cc1c(NC(=O)c2cc3ccccc3n2C)c(=O)n(-c2ccccc2)n1C. The summed E-state index contributed by atoms with van der Waals surface area (Å²) in [4.78, 5) is 25.8. The number of carbonyl (C=O) groups is 1. The van der Waals surface area contributed by atoms with Gasteiger partial charge < -0.3 is 9.88 Å². The van der Waals surface area contributed by atoms with Gasteiger partial charge in [0.05, 0.1) is 11.4 Å². The number of nitrogens with zero attached hydrogens (tertiary/aromatic N) is 3. The second kappa shape index (κ2) is 6.32. The van der Waals surface area contributed by atoms with Crippen LogP contribution >= 0.6 is 0 Å². The molecule has 0 aliphatic carbocycles. The van der Waals surface area contributed by atoms with E-state index in [0.29, 0.717) is 11.4 Å². The van der Waals surface area contributed by atoms with E-state index in [9.17, 15) is 9.59 Å². The molecule has 0 atom stereocenters. The molecule has 1 amide bonds. The molecule has 27 heavy (non-hydrogen) atoms. The quantitative estimate of drug-likeness (QED) is 0.610. The van der Waals surface area contributed by atoms with Crippen molar-refractivity contribution in [2.24, 2.45) is 14.1 Å². The molecule has 0 saturated heterocycles. The molecule has 6 nitrogen and oxygen atoms in total. The number of rotatable bonds is 3. The molecule has 2 aromatic carbocycles. The maximum absolute atomic E-state index is 13.0. The molecule has 0 fully saturated rings. The second-order valence-corrected chi connectivity index (χ2v) is 6.54. The largest absolute Gasteiger partial charge is 0.340 e. The molecule has 0 saturated carbocycles. The third-order valence-electron chi connectivity index (χ3n) is 4.98.